The number of hydrogen-bond acceptors (Lipinski definition) is 4. The highest BCUT2D eigenvalue weighted by Gasteiger charge is 2.15. The molecular formula is C16H23N3O2. The van der Waals surface area contributed by atoms with Gasteiger partial charge in [-0.3, -0.25) is 9.69 Å². The zero-order valence-corrected chi connectivity index (χ0v) is 12.9. The zero-order chi connectivity index (χ0) is 15.7. The van der Waals surface area contributed by atoms with Gasteiger partial charge >= 0.3 is 0 Å². The van der Waals surface area contributed by atoms with Crippen molar-refractivity contribution in [2.45, 2.75) is 26.3 Å². The number of nitrogens with one attached hydrogen (secondary N) is 1. The van der Waals surface area contributed by atoms with Crippen molar-refractivity contribution in [3.63, 3.8) is 0 Å². The molecule has 1 N–H and O–H groups in total. The molecule has 1 atom stereocenters. The molecule has 1 aromatic carbocycles. The van der Waals surface area contributed by atoms with E-state index in [0.717, 1.165) is 13.0 Å². The molecule has 0 aliphatic heterocycles. The van der Waals surface area contributed by atoms with Gasteiger partial charge in [-0.25, -0.2) is 0 Å². The van der Waals surface area contributed by atoms with Crippen LogP contribution in [0.5, 0.6) is 0 Å². The lowest BCUT2D eigenvalue weighted by Crippen LogP contribution is -2.41. The van der Waals surface area contributed by atoms with Crippen LogP contribution in [0.15, 0.2) is 24.3 Å². The molecule has 0 heterocycles. The summed E-state index contributed by atoms with van der Waals surface area (Å²) < 4.78 is 5.09. The van der Waals surface area contributed by atoms with Crippen molar-refractivity contribution >= 4 is 11.6 Å². The first kappa shape index (κ1) is 17.2. The molecular weight excluding hydrogens is 266 g/mol. The first-order valence-electron chi connectivity index (χ1n) is 7.13. The van der Waals surface area contributed by atoms with Gasteiger partial charge in [0.25, 0.3) is 0 Å². The number of methoxy groups -OCH3 is 1. The third-order valence-corrected chi connectivity index (χ3v) is 3.42. The lowest BCUT2D eigenvalue weighted by Gasteiger charge is -2.27. The quantitative estimate of drug-likeness (QED) is 0.797. The van der Waals surface area contributed by atoms with Crippen LogP contribution in [0.4, 0.5) is 5.69 Å². The summed E-state index contributed by atoms with van der Waals surface area (Å²) in [5, 5.41) is 11.7. The maximum absolute atomic E-state index is 12.1. The maximum atomic E-state index is 12.1. The van der Waals surface area contributed by atoms with Gasteiger partial charge in [0.05, 0.1) is 24.8 Å². The summed E-state index contributed by atoms with van der Waals surface area (Å²) in [7, 11) is 1.66. The van der Waals surface area contributed by atoms with E-state index < -0.39 is 0 Å². The van der Waals surface area contributed by atoms with Gasteiger partial charge in [-0.15, -0.1) is 0 Å². The molecule has 0 aliphatic rings. The van der Waals surface area contributed by atoms with Crippen LogP contribution in [-0.4, -0.2) is 43.7 Å². The molecule has 1 rings (SSSR count). The Kier molecular flexibility index (Phi) is 7.44. The summed E-state index contributed by atoms with van der Waals surface area (Å²) in [6, 6.07) is 9.28. The predicted octanol–water partition coefficient (Wildman–Crippen LogP) is 2.24. The van der Waals surface area contributed by atoms with E-state index in [-0.39, 0.29) is 5.91 Å². The molecule has 0 bridgehead atoms. The van der Waals surface area contributed by atoms with Crippen LogP contribution in [0, 0.1) is 11.3 Å². The highest BCUT2D eigenvalue weighted by atomic mass is 16.5. The highest BCUT2D eigenvalue weighted by molar-refractivity contribution is 5.92. The monoisotopic (exact) mass is 289 g/mol. The van der Waals surface area contributed by atoms with Crippen molar-refractivity contribution in [3.05, 3.63) is 29.8 Å². The van der Waals surface area contributed by atoms with E-state index in [9.17, 15) is 4.79 Å². The van der Waals surface area contributed by atoms with Gasteiger partial charge in [0.15, 0.2) is 0 Å². The van der Waals surface area contributed by atoms with Gasteiger partial charge in [0.1, 0.15) is 0 Å². The molecule has 0 fully saturated rings. The van der Waals surface area contributed by atoms with Crippen LogP contribution < -0.4 is 5.32 Å². The number of benzene rings is 1. The summed E-state index contributed by atoms with van der Waals surface area (Å²) in [6.45, 7) is 5.83. The summed E-state index contributed by atoms with van der Waals surface area (Å²) in [4.78, 5) is 14.2. The van der Waals surface area contributed by atoms with Gasteiger partial charge in [0, 0.05) is 25.4 Å². The molecule has 0 aliphatic carbocycles. The molecule has 1 amide bonds. The second-order valence-corrected chi connectivity index (χ2v) is 4.96. The highest BCUT2D eigenvalue weighted by Crippen LogP contribution is 2.10. The molecule has 1 aromatic rings. The Morgan fingerprint density at radius 1 is 1.52 bits per heavy atom. The normalized spacial score (nSPS) is 12.0. The fraction of sp³-hybridized carbons (Fsp3) is 0.500. The molecule has 0 radical (unpaired) electrons. The van der Waals surface area contributed by atoms with Crippen LogP contribution in [0.2, 0.25) is 0 Å². The van der Waals surface area contributed by atoms with Crippen LogP contribution in [0.25, 0.3) is 0 Å². The maximum Gasteiger partial charge on any atom is 0.238 e. The van der Waals surface area contributed by atoms with Crippen LogP contribution in [0.3, 0.4) is 0 Å². The Bertz CT molecular complexity index is 497. The van der Waals surface area contributed by atoms with E-state index >= 15 is 0 Å². The molecule has 21 heavy (non-hydrogen) atoms. The first-order chi connectivity index (χ1) is 10.1. The average molecular weight is 289 g/mol. The number of hydrogen-bond donors (Lipinski definition) is 1. The molecule has 5 heteroatoms. The van der Waals surface area contributed by atoms with Gasteiger partial charge in [-0.1, -0.05) is 13.0 Å². The van der Waals surface area contributed by atoms with Gasteiger partial charge in [0.2, 0.25) is 5.91 Å². The van der Waals surface area contributed by atoms with Crippen LogP contribution in [0.1, 0.15) is 25.8 Å². The minimum atomic E-state index is -0.0820. The average Bonchev–Trinajstić information content (AvgIpc) is 2.50. The predicted molar refractivity (Wildman–Crippen MR) is 83.0 cm³/mol. The number of nitrogens with zero attached hydrogens (tertiary/aromatic N) is 2. The Balaban J connectivity index is 2.62. The third-order valence-electron chi connectivity index (χ3n) is 3.42. The lowest BCUT2D eigenvalue weighted by molar-refractivity contribution is -0.118. The number of amides is 1. The fourth-order valence-corrected chi connectivity index (χ4v) is 1.97. The molecule has 0 spiro atoms. The number of rotatable bonds is 8. The molecule has 0 saturated carbocycles. The molecule has 0 saturated heterocycles. The van der Waals surface area contributed by atoms with E-state index in [1.807, 2.05) is 0 Å². The number of ether oxygens (including phenoxy) is 1. The molecule has 114 valence electrons. The van der Waals surface area contributed by atoms with Crippen molar-refractivity contribution in [2.75, 3.05) is 32.1 Å². The number of carbonyl (C=O) groups is 1. The van der Waals surface area contributed by atoms with Crippen LogP contribution >= 0.6 is 0 Å². The summed E-state index contributed by atoms with van der Waals surface area (Å²) in [6.07, 6.45) is 0.973. The Morgan fingerprint density at radius 3 is 2.90 bits per heavy atom. The lowest BCUT2D eigenvalue weighted by atomic mass is 10.2. The smallest absolute Gasteiger partial charge is 0.238 e. The van der Waals surface area contributed by atoms with Crippen molar-refractivity contribution in [1.82, 2.24) is 4.90 Å². The van der Waals surface area contributed by atoms with Crippen molar-refractivity contribution in [2.24, 2.45) is 0 Å². The van der Waals surface area contributed by atoms with Gasteiger partial charge < -0.3 is 10.1 Å². The second kappa shape index (κ2) is 9.11. The van der Waals surface area contributed by atoms with Crippen molar-refractivity contribution in [1.29, 1.82) is 5.26 Å². The SMILES string of the molecule is CCC(C)N(CCOC)CC(=O)Nc1cccc(C#N)c1. The zero-order valence-electron chi connectivity index (χ0n) is 12.9. The van der Waals surface area contributed by atoms with Crippen LogP contribution in [-0.2, 0) is 9.53 Å². The van der Waals surface area contributed by atoms with Gasteiger partial charge in [-0.05, 0) is 31.5 Å². The Hall–Kier alpha value is -1.90. The Morgan fingerprint density at radius 2 is 2.29 bits per heavy atom. The van der Waals surface area contributed by atoms with E-state index in [4.69, 9.17) is 10.00 Å². The minimum absolute atomic E-state index is 0.0820. The minimum Gasteiger partial charge on any atom is -0.383 e. The van der Waals surface area contributed by atoms with E-state index in [1.165, 1.54) is 0 Å². The standard InChI is InChI=1S/C16H23N3O2/c1-4-13(2)19(8-9-21-3)12-16(20)18-15-7-5-6-14(10-15)11-17/h5-7,10,13H,4,8-9,12H2,1-3H3,(H,18,20). The van der Waals surface area contributed by atoms with Crippen molar-refractivity contribution < 1.29 is 9.53 Å². The largest absolute Gasteiger partial charge is 0.383 e. The third kappa shape index (κ3) is 5.94. The number of nitriles is 1. The molecule has 0 aromatic heterocycles. The summed E-state index contributed by atoms with van der Waals surface area (Å²) >= 11 is 0. The first-order valence-corrected chi connectivity index (χ1v) is 7.13. The molecule has 1 unspecified atom stereocenters. The molecule has 5 nitrogen and oxygen atoms in total. The second-order valence-electron chi connectivity index (χ2n) is 4.96. The number of anilines is 1. The topological polar surface area (TPSA) is 65.4 Å². The summed E-state index contributed by atoms with van der Waals surface area (Å²) in [5.74, 6) is -0.0820. The van der Waals surface area contributed by atoms with Gasteiger partial charge in [-0.2, -0.15) is 5.26 Å². The summed E-state index contributed by atoms with van der Waals surface area (Å²) in [5.41, 5.74) is 1.18. The van der Waals surface area contributed by atoms with Crippen molar-refractivity contribution in [3.8, 4) is 6.07 Å². The Labute approximate surface area is 126 Å². The van der Waals surface area contributed by atoms with E-state index in [0.29, 0.717) is 30.4 Å². The van der Waals surface area contributed by atoms with E-state index in [1.54, 1.807) is 31.4 Å². The van der Waals surface area contributed by atoms with E-state index in [2.05, 4.69) is 30.1 Å². The number of carbonyl (C=O) groups excluding carboxylic acids is 1. The fourth-order valence-electron chi connectivity index (χ4n) is 1.97.